The van der Waals surface area contributed by atoms with Gasteiger partial charge in [0.15, 0.2) is 17.5 Å². The van der Waals surface area contributed by atoms with Gasteiger partial charge in [-0.3, -0.25) is 4.99 Å². The third-order valence-electron chi connectivity index (χ3n) is 3.76. The fraction of sp³-hybridized carbons (Fsp3) is 0.444. The summed E-state index contributed by atoms with van der Waals surface area (Å²) >= 11 is 1.72. The van der Waals surface area contributed by atoms with E-state index >= 15 is 0 Å². The van der Waals surface area contributed by atoms with Crippen LogP contribution >= 0.6 is 35.3 Å². The molecule has 0 atom stereocenters. The lowest BCUT2D eigenvalue weighted by Gasteiger charge is -2.13. The van der Waals surface area contributed by atoms with E-state index in [2.05, 4.69) is 26.0 Å². The molecule has 0 fully saturated rings. The van der Waals surface area contributed by atoms with E-state index in [4.69, 9.17) is 9.47 Å². The van der Waals surface area contributed by atoms with E-state index in [0.29, 0.717) is 13.2 Å². The number of ether oxygens (including phenoxy) is 2. The summed E-state index contributed by atoms with van der Waals surface area (Å²) in [7, 11) is 1.77. The zero-order chi connectivity index (χ0) is 17.5. The maximum absolute atomic E-state index is 5.72. The minimum Gasteiger partial charge on any atom is -0.490 e. The molecule has 0 aliphatic carbocycles. The highest BCUT2D eigenvalue weighted by Gasteiger charge is 2.11. The summed E-state index contributed by atoms with van der Waals surface area (Å²) in [6, 6.07) is 5.85. The van der Waals surface area contributed by atoms with Crippen LogP contribution in [0.1, 0.15) is 23.5 Å². The highest BCUT2D eigenvalue weighted by atomic mass is 127. The molecule has 2 heterocycles. The maximum atomic E-state index is 5.72. The molecule has 0 unspecified atom stereocenters. The fourth-order valence-corrected chi connectivity index (χ4v) is 3.34. The van der Waals surface area contributed by atoms with Crippen LogP contribution in [0.2, 0.25) is 0 Å². The largest absolute Gasteiger partial charge is 0.490 e. The van der Waals surface area contributed by atoms with Gasteiger partial charge in [0.2, 0.25) is 0 Å². The number of thiazole rings is 1. The van der Waals surface area contributed by atoms with Crippen molar-refractivity contribution in [3.05, 3.63) is 34.3 Å². The number of nitrogens with zero attached hydrogens (tertiary/aromatic N) is 2. The van der Waals surface area contributed by atoms with Crippen LogP contribution in [0.15, 0.2) is 28.6 Å². The maximum Gasteiger partial charge on any atom is 0.195 e. The molecule has 1 aliphatic heterocycles. The molecule has 8 heteroatoms. The van der Waals surface area contributed by atoms with Gasteiger partial charge in [0.05, 0.1) is 18.2 Å². The lowest BCUT2D eigenvalue weighted by Crippen LogP contribution is -2.31. The third kappa shape index (κ3) is 6.01. The number of hydrogen-bond donors (Lipinski definition) is 2. The Morgan fingerprint density at radius 2 is 2.08 bits per heavy atom. The molecule has 0 amide bonds. The fourth-order valence-electron chi connectivity index (χ4n) is 2.52. The molecule has 26 heavy (non-hydrogen) atoms. The quantitative estimate of drug-likeness (QED) is 0.290. The Kier molecular flexibility index (Phi) is 8.43. The molecule has 6 nitrogen and oxygen atoms in total. The van der Waals surface area contributed by atoms with Crippen LogP contribution in [0, 0.1) is 6.92 Å². The smallest absolute Gasteiger partial charge is 0.195 e. The molecule has 1 aromatic heterocycles. The normalized spacial score (nSPS) is 13.5. The Hall–Kier alpha value is -1.55. The van der Waals surface area contributed by atoms with Crippen LogP contribution in [0.25, 0.3) is 0 Å². The number of halogens is 1. The van der Waals surface area contributed by atoms with Gasteiger partial charge in [-0.15, -0.1) is 35.3 Å². The number of fused-ring (bicyclic) bond motifs is 1. The van der Waals surface area contributed by atoms with Crippen LogP contribution in [-0.4, -0.2) is 37.7 Å². The predicted molar refractivity (Wildman–Crippen MR) is 118 cm³/mol. The summed E-state index contributed by atoms with van der Waals surface area (Å²) in [4.78, 5) is 8.75. The summed E-state index contributed by atoms with van der Waals surface area (Å²) in [5, 5.41) is 9.90. The van der Waals surface area contributed by atoms with Crippen molar-refractivity contribution < 1.29 is 9.47 Å². The van der Waals surface area contributed by atoms with E-state index in [1.54, 1.807) is 18.4 Å². The number of anilines is 1. The number of nitrogens with one attached hydrogen (secondary N) is 2. The molecule has 2 N–H and O–H groups in total. The predicted octanol–water partition coefficient (Wildman–Crippen LogP) is 3.85. The number of hydrogen-bond acceptors (Lipinski definition) is 5. The van der Waals surface area contributed by atoms with Crippen LogP contribution in [-0.2, 0) is 6.42 Å². The summed E-state index contributed by atoms with van der Waals surface area (Å²) < 4.78 is 11.4. The number of rotatable bonds is 5. The van der Waals surface area contributed by atoms with Crippen molar-refractivity contribution in [2.75, 3.05) is 32.1 Å². The molecule has 3 rings (SSSR count). The first-order chi connectivity index (χ1) is 12.2. The molecule has 2 aromatic rings. The number of benzene rings is 1. The van der Waals surface area contributed by atoms with Crippen molar-refractivity contribution in [3.63, 3.8) is 0 Å². The molecule has 0 bridgehead atoms. The first kappa shape index (κ1) is 20.8. The lowest BCUT2D eigenvalue weighted by atomic mass is 10.2. The van der Waals surface area contributed by atoms with E-state index in [1.807, 2.05) is 25.1 Å². The van der Waals surface area contributed by atoms with E-state index in [-0.39, 0.29) is 24.0 Å². The number of aliphatic imine (C=N–C) groups is 1. The Morgan fingerprint density at radius 3 is 2.81 bits per heavy atom. The Bertz CT molecular complexity index is 736. The second kappa shape index (κ2) is 10.6. The lowest BCUT2D eigenvalue weighted by molar-refractivity contribution is 0.297. The van der Waals surface area contributed by atoms with Crippen molar-refractivity contribution in [1.82, 2.24) is 10.3 Å². The highest BCUT2D eigenvalue weighted by Crippen LogP contribution is 2.32. The first-order valence-electron chi connectivity index (χ1n) is 8.53. The first-order valence-corrected chi connectivity index (χ1v) is 9.41. The van der Waals surface area contributed by atoms with Crippen molar-refractivity contribution >= 4 is 47.0 Å². The van der Waals surface area contributed by atoms with Gasteiger partial charge in [-0.05, 0) is 25.5 Å². The average molecular weight is 488 g/mol. The van der Waals surface area contributed by atoms with Gasteiger partial charge in [-0.2, -0.15) is 0 Å². The van der Waals surface area contributed by atoms with Crippen molar-refractivity contribution in [2.45, 2.75) is 26.2 Å². The van der Waals surface area contributed by atoms with Crippen molar-refractivity contribution in [1.29, 1.82) is 0 Å². The summed E-state index contributed by atoms with van der Waals surface area (Å²) in [5.41, 5.74) is 2.02. The number of aromatic nitrogens is 1. The average Bonchev–Trinajstić information content (AvgIpc) is 2.89. The van der Waals surface area contributed by atoms with Gasteiger partial charge >= 0.3 is 0 Å². The molecular formula is C18H25IN4O2S. The molecular weight excluding hydrogens is 463 g/mol. The number of aryl methyl sites for hydroxylation is 2. The SMILES string of the molecule is CN=C(NCCCc1nc(C)cs1)Nc1ccc2c(c1)OCCCO2.I. The Morgan fingerprint density at radius 1 is 1.27 bits per heavy atom. The topological polar surface area (TPSA) is 67.8 Å². The van der Waals surface area contributed by atoms with Gasteiger partial charge in [0.1, 0.15) is 0 Å². The number of guanidine groups is 1. The van der Waals surface area contributed by atoms with Gasteiger partial charge in [-0.25, -0.2) is 4.98 Å². The van der Waals surface area contributed by atoms with Crippen molar-refractivity contribution in [3.8, 4) is 11.5 Å². The van der Waals surface area contributed by atoms with Gasteiger partial charge in [0.25, 0.3) is 0 Å². The third-order valence-corrected chi connectivity index (χ3v) is 4.79. The standard InChI is InChI=1S/C18H24N4O2S.HI/c1-13-12-25-17(21-13)5-3-8-20-18(19-2)22-14-6-7-15-16(11-14)24-10-4-9-23-15;/h6-7,11-12H,3-5,8-10H2,1-2H3,(H2,19,20,22);1H. The summed E-state index contributed by atoms with van der Waals surface area (Å²) in [5.74, 6) is 2.31. The molecule has 0 saturated heterocycles. The van der Waals surface area contributed by atoms with Crippen LogP contribution < -0.4 is 20.1 Å². The molecule has 1 aliphatic rings. The van der Waals surface area contributed by atoms with Crippen LogP contribution in [0.4, 0.5) is 5.69 Å². The second-order valence-electron chi connectivity index (χ2n) is 5.82. The summed E-state index contributed by atoms with van der Waals surface area (Å²) in [6.45, 7) is 4.24. The van der Waals surface area contributed by atoms with E-state index < -0.39 is 0 Å². The zero-order valence-corrected chi connectivity index (χ0v) is 18.2. The van der Waals surface area contributed by atoms with Crippen LogP contribution in [0.5, 0.6) is 11.5 Å². The molecule has 1 aromatic carbocycles. The van der Waals surface area contributed by atoms with Gasteiger partial charge in [0, 0.05) is 49.3 Å². The van der Waals surface area contributed by atoms with Crippen LogP contribution in [0.3, 0.4) is 0 Å². The molecule has 0 saturated carbocycles. The van der Waals surface area contributed by atoms with Gasteiger partial charge in [-0.1, -0.05) is 0 Å². The monoisotopic (exact) mass is 488 g/mol. The Labute approximate surface area is 175 Å². The van der Waals surface area contributed by atoms with E-state index in [0.717, 1.165) is 54.6 Å². The Balaban J connectivity index is 0.00000243. The van der Waals surface area contributed by atoms with Crippen molar-refractivity contribution in [2.24, 2.45) is 4.99 Å². The van der Waals surface area contributed by atoms with Gasteiger partial charge < -0.3 is 20.1 Å². The minimum absolute atomic E-state index is 0. The zero-order valence-electron chi connectivity index (χ0n) is 15.1. The highest BCUT2D eigenvalue weighted by molar-refractivity contribution is 14.0. The molecule has 142 valence electrons. The minimum atomic E-state index is 0. The van der Waals surface area contributed by atoms with E-state index in [9.17, 15) is 0 Å². The van der Waals surface area contributed by atoms with E-state index in [1.165, 1.54) is 5.01 Å². The molecule has 0 radical (unpaired) electrons. The molecule has 0 spiro atoms. The second-order valence-corrected chi connectivity index (χ2v) is 6.76. The summed E-state index contributed by atoms with van der Waals surface area (Å²) in [6.07, 6.45) is 2.89.